The second-order valence-electron chi connectivity index (χ2n) is 3.65. The Morgan fingerprint density at radius 2 is 1.93 bits per heavy atom. The summed E-state index contributed by atoms with van der Waals surface area (Å²) < 4.78 is 4.79. The van der Waals surface area contributed by atoms with Crippen LogP contribution in [0.4, 0.5) is 0 Å². The molecule has 0 aliphatic carbocycles. The molecule has 0 rings (SSSR count). The Bertz CT molecular complexity index is 211. The first-order chi connectivity index (χ1) is 7.04. The Morgan fingerprint density at radius 3 is 2.33 bits per heavy atom. The summed E-state index contributed by atoms with van der Waals surface area (Å²) in [7, 11) is 0. The average Bonchev–Trinajstić information content (AvgIpc) is 2.13. The fraction of sp³-hybridized carbons (Fsp3) is 0.583. The van der Waals surface area contributed by atoms with E-state index < -0.39 is 5.60 Å². The molecular weight excluding hydrogens is 192 g/mol. The van der Waals surface area contributed by atoms with Crippen molar-refractivity contribution in [3.63, 3.8) is 0 Å². The molecule has 0 aromatic rings. The van der Waals surface area contributed by atoms with E-state index in [-0.39, 0.29) is 5.97 Å². The van der Waals surface area contributed by atoms with Gasteiger partial charge in [-0.15, -0.1) is 13.2 Å². The third-order valence-electron chi connectivity index (χ3n) is 2.14. The van der Waals surface area contributed by atoms with Gasteiger partial charge in [-0.2, -0.15) is 0 Å². The van der Waals surface area contributed by atoms with Crippen LogP contribution in [-0.2, 0) is 9.53 Å². The van der Waals surface area contributed by atoms with Crippen LogP contribution in [0.15, 0.2) is 25.3 Å². The zero-order chi connectivity index (χ0) is 11.7. The standard InChI is InChI=1S/C12H20O3/c1-4-7-12(14,8-5-2)9-6-10-15-11(3)13/h4-5,14H,1-2,6-10H2,3H3. The summed E-state index contributed by atoms with van der Waals surface area (Å²) >= 11 is 0. The number of ether oxygens (including phenoxy) is 1. The Kier molecular flexibility index (Phi) is 6.71. The normalized spacial score (nSPS) is 10.8. The first-order valence-electron chi connectivity index (χ1n) is 5.11. The van der Waals surface area contributed by atoms with Gasteiger partial charge in [-0.05, 0) is 25.7 Å². The lowest BCUT2D eigenvalue weighted by atomic mass is 9.90. The number of aliphatic hydroxyl groups is 1. The topological polar surface area (TPSA) is 46.5 Å². The van der Waals surface area contributed by atoms with Crippen molar-refractivity contribution in [2.24, 2.45) is 0 Å². The van der Waals surface area contributed by atoms with Gasteiger partial charge in [-0.25, -0.2) is 0 Å². The second kappa shape index (κ2) is 7.23. The molecule has 0 saturated heterocycles. The Balaban J connectivity index is 3.89. The summed E-state index contributed by atoms with van der Waals surface area (Å²) in [5, 5.41) is 10.1. The van der Waals surface area contributed by atoms with E-state index in [1.165, 1.54) is 6.92 Å². The minimum atomic E-state index is -0.788. The van der Waals surface area contributed by atoms with Crippen LogP contribution in [0.5, 0.6) is 0 Å². The molecule has 0 aromatic carbocycles. The van der Waals surface area contributed by atoms with Crippen LogP contribution in [0, 0.1) is 0 Å². The number of esters is 1. The van der Waals surface area contributed by atoms with Crippen LogP contribution in [0.3, 0.4) is 0 Å². The summed E-state index contributed by atoms with van der Waals surface area (Å²) in [5.41, 5.74) is -0.788. The molecule has 0 fully saturated rings. The highest BCUT2D eigenvalue weighted by Gasteiger charge is 2.22. The van der Waals surface area contributed by atoms with Gasteiger partial charge >= 0.3 is 5.97 Å². The highest BCUT2D eigenvalue weighted by atomic mass is 16.5. The molecule has 0 radical (unpaired) electrons. The lowest BCUT2D eigenvalue weighted by molar-refractivity contribution is -0.141. The minimum absolute atomic E-state index is 0.286. The van der Waals surface area contributed by atoms with Gasteiger partial charge in [-0.3, -0.25) is 4.79 Å². The maximum atomic E-state index is 10.5. The quantitative estimate of drug-likeness (QED) is 0.381. The van der Waals surface area contributed by atoms with Crippen LogP contribution in [0.2, 0.25) is 0 Å². The number of hydrogen-bond donors (Lipinski definition) is 1. The highest BCUT2D eigenvalue weighted by molar-refractivity contribution is 5.65. The molecule has 15 heavy (non-hydrogen) atoms. The number of carbonyl (C=O) groups is 1. The zero-order valence-corrected chi connectivity index (χ0v) is 9.37. The van der Waals surface area contributed by atoms with Gasteiger partial charge in [0, 0.05) is 6.92 Å². The first-order valence-corrected chi connectivity index (χ1v) is 5.11. The summed E-state index contributed by atoms with van der Waals surface area (Å²) in [6.07, 6.45) is 5.67. The number of hydrogen-bond acceptors (Lipinski definition) is 3. The lowest BCUT2D eigenvalue weighted by Gasteiger charge is -2.25. The molecule has 0 bridgehead atoms. The van der Waals surface area contributed by atoms with E-state index in [4.69, 9.17) is 4.74 Å². The van der Waals surface area contributed by atoms with Gasteiger partial charge < -0.3 is 9.84 Å². The second-order valence-corrected chi connectivity index (χ2v) is 3.65. The van der Waals surface area contributed by atoms with E-state index >= 15 is 0 Å². The van der Waals surface area contributed by atoms with Crippen molar-refractivity contribution in [2.45, 2.75) is 38.2 Å². The average molecular weight is 212 g/mol. The van der Waals surface area contributed by atoms with E-state index in [1.54, 1.807) is 12.2 Å². The van der Waals surface area contributed by atoms with E-state index in [2.05, 4.69) is 13.2 Å². The SMILES string of the molecule is C=CCC(O)(CC=C)CCCOC(C)=O. The van der Waals surface area contributed by atoms with Crippen molar-refractivity contribution in [1.29, 1.82) is 0 Å². The van der Waals surface area contributed by atoms with Gasteiger partial charge in [0.1, 0.15) is 0 Å². The van der Waals surface area contributed by atoms with Gasteiger partial charge in [0.15, 0.2) is 0 Å². The molecule has 0 heterocycles. The van der Waals surface area contributed by atoms with Crippen LogP contribution in [-0.4, -0.2) is 23.3 Å². The van der Waals surface area contributed by atoms with Crippen LogP contribution < -0.4 is 0 Å². The summed E-state index contributed by atoms with van der Waals surface area (Å²) in [6.45, 7) is 8.94. The molecule has 3 nitrogen and oxygen atoms in total. The van der Waals surface area contributed by atoms with E-state index in [0.29, 0.717) is 32.3 Å². The third-order valence-corrected chi connectivity index (χ3v) is 2.14. The fourth-order valence-corrected chi connectivity index (χ4v) is 1.44. The van der Waals surface area contributed by atoms with Gasteiger partial charge in [0.2, 0.25) is 0 Å². The Morgan fingerprint density at radius 1 is 1.40 bits per heavy atom. The molecule has 0 aromatic heterocycles. The monoisotopic (exact) mass is 212 g/mol. The largest absolute Gasteiger partial charge is 0.466 e. The first kappa shape index (κ1) is 13.9. The predicted octanol–water partition coefficient (Wildman–Crippen LogP) is 2.21. The number of rotatable bonds is 8. The summed E-state index contributed by atoms with van der Waals surface area (Å²) in [6, 6.07) is 0. The van der Waals surface area contributed by atoms with Crippen molar-refractivity contribution in [3.05, 3.63) is 25.3 Å². The molecule has 0 amide bonds. The Labute approximate surface area is 91.4 Å². The molecule has 86 valence electrons. The molecule has 0 saturated carbocycles. The van der Waals surface area contributed by atoms with E-state index in [9.17, 15) is 9.90 Å². The van der Waals surface area contributed by atoms with Gasteiger partial charge in [0.05, 0.1) is 12.2 Å². The fourth-order valence-electron chi connectivity index (χ4n) is 1.44. The van der Waals surface area contributed by atoms with Crippen molar-refractivity contribution < 1.29 is 14.6 Å². The molecule has 3 heteroatoms. The van der Waals surface area contributed by atoms with Crippen molar-refractivity contribution >= 4 is 5.97 Å². The molecule has 1 N–H and O–H groups in total. The maximum absolute atomic E-state index is 10.5. The molecular formula is C12H20O3. The number of carbonyl (C=O) groups excluding carboxylic acids is 1. The van der Waals surface area contributed by atoms with Crippen LogP contribution >= 0.6 is 0 Å². The maximum Gasteiger partial charge on any atom is 0.302 e. The van der Waals surface area contributed by atoms with Crippen LogP contribution in [0.25, 0.3) is 0 Å². The molecule has 0 unspecified atom stereocenters. The minimum Gasteiger partial charge on any atom is -0.466 e. The smallest absolute Gasteiger partial charge is 0.302 e. The molecule has 0 atom stereocenters. The van der Waals surface area contributed by atoms with Crippen molar-refractivity contribution in [3.8, 4) is 0 Å². The van der Waals surface area contributed by atoms with Gasteiger partial charge in [0.25, 0.3) is 0 Å². The van der Waals surface area contributed by atoms with Gasteiger partial charge in [-0.1, -0.05) is 12.2 Å². The predicted molar refractivity (Wildman–Crippen MR) is 60.4 cm³/mol. The van der Waals surface area contributed by atoms with Crippen molar-refractivity contribution in [1.82, 2.24) is 0 Å². The zero-order valence-electron chi connectivity index (χ0n) is 9.37. The summed E-state index contributed by atoms with van der Waals surface area (Å²) in [5.74, 6) is -0.286. The highest BCUT2D eigenvalue weighted by Crippen LogP contribution is 2.22. The molecule has 0 aliphatic heterocycles. The Hall–Kier alpha value is -1.09. The third kappa shape index (κ3) is 6.91. The molecule has 0 aliphatic rings. The van der Waals surface area contributed by atoms with E-state index in [1.807, 2.05) is 0 Å². The van der Waals surface area contributed by atoms with Crippen LogP contribution in [0.1, 0.15) is 32.6 Å². The lowest BCUT2D eigenvalue weighted by Crippen LogP contribution is -2.27. The molecule has 0 spiro atoms. The summed E-state index contributed by atoms with van der Waals surface area (Å²) in [4.78, 5) is 10.5. The van der Waals surface area contributed by atoms with E-state index in [0.717, 1.165) is 0 Å². The van der Waals surface area contributed by atoms with Crippen molar-refractivity contribution in [2.75, 3.05) is 6.61 Å².